The van der Waals surface area contributed by atoms with Crippen LogP contribution in [0.25, 0.3) is 11.3 Å². The molecule has 0 unspecified atom stereocenters. The number of halogens is 1. The molecule has 0 radical (unpaired) electrons. The van der Waals surface area contributed by atoms with E-state index in [1.807, 2.05) is 13.0 Å². The summed E-state index contributed by atoms with van der Waals surface area (Å²) in [6, 6.07) is 3.70. The first-order chi connectivity index (χ1) is 9.58. The number of carboxylic acids is 1. The van der Waals surface area contributed by atoms with Crippen molar-refractivity contribution in [1.29, 1.82) is 0 Å². The van der Waals surface area contributed by atoms with Gasteiger partial charge >= 0.3 is 5.97 Å². The molecule has 0 aliphatic heterocycles. The standard InChI is InChI=1S/C15H15ClN2O2/c1-8-5-11(9-3-2-4-9)12(6-10(8)15(19)20)14-13(16)7-17-18-14/h5-7,9H,2-4H2,1H3,(H,17,18)(H,19,20). The molecule has 20 heavy (non-hydrogen) atoms. The number of benzene rings is 1. The summed E-state index contributed by atoms with van der Waals surface area (Å²) < 4.78 is 0. The smallest absolute Gasteiger partial charge is 0.335 e. The van der Waals surface area contributed by atoms with E-state index in [1.54, 1.807) is 12.3 Å². The minimum Gasteiger partial charge on any atom is -0.478 e. The van der Waals surface area contributed by atoms with Gasteiger partial charge in [0.15, 0.2) is 0 Å². The lowest BCUT2D eigenvalue weighted by molar-refractivity contribution is 0.0696. The number of hydrogen-bond acceptors (Lipinski definition) is 2. The van der Waals surface area contributed by atoms with Crippen molar-refractivity contribution in [2.24, 2.45) is 0 Å². The summed E-state index contributed by atoms with van der Waals surface area (Å²) in [7, 11) is 0. The van der Waals surface area contributed by atoms with Gasteiger partial charge in [-0.25, -0.2) is 4.79 Å². The van der Waals surface area contributed by atoms with Gasteiger partial charge in [-0.3, -0.25) is 5.10 Å². The number of aryl methyl sites for hydroxylation is 1. The topological polar surface area (TPSA) is 66.0 Å². The van der Waals surface area contributed by atoms with E-state index in [2.05, 4.69) is 10.2 Å². The predicted molar refractivity (Wildman–Crippen MR) is 77.3 cm³/mol. The van der Waals surface area contributed by atoms with Crippen LogP contribution in [0.1, 0.15) is 46.7 Å². The largest absolute Gasteiger partial charge is 0.478 e. The summed E-state index contributed by atoms with van der Waals surface area (Å²) in [5, 5.41) is 16.6. The molecule has 0 bridgehead atoms. The summed E-state index contributed by atoms with van der Waals surface area (Å²) in [6.07, 6.45) is 5.05. The maximum atomic E-state index is 11.3. The summed E-state index contributed by atoms with van der Waals surface area (Å²) in [6.45, 7) is 1.84. The minimum atomic E-state index is -0.917. The van der Waals surface area contributed by atoms with Crippen molar-refractivity contribution >= 4 is 17.6 Å². The molecule has 3 rings (SSSR count). The van der Waals surface area contributed by atoms with E-state index in [1.165, 1.54) is 12.0 Å². The number of H-pyrrole nitrogens is 1. The monoisotopic (exact) mass is 290 g/mol. The highest BCUT2D eigenvalue weighted by Crippen LogP contribution is 2.43. The van der Waals surface area contributed by atoms with Gasteiger partial charge in [0, 0.05) is 5.56 Å². The van der Waals surface area contributed by atoms with Crippen LogP contribution in [0.3, 0.4) is 0 Å². The zero-order valence-electron chi connectivity index (χ0n) is 11.1. The average molecular weight is 291 g/mol. The van der Waals surface area contributed by atoms with Gasteiger partial charge in [-0.05, 0) is 42.9 Å². The number of nitrogens with zero attached hydrogens (tertiary/aromatic N) is 1. The first-order valence-electron chi connectivity index (χ1n) is 6.65. The quantitative estimate of drug-likeness (QED) is 0.898. The van der Waals surface area contributed by atoms with E-state index < -0.39 is 5.97 Å². The summed E-state index contributed by atoms with van der Waals surface area (Å²) >= 11 is 6.14. The van der Waals surface area contributed by atoms with Gasteiger partial charge in [-0.1, -0.05) is 24.1 Å². The zero-order chi connectivity index (χ0) is 14.3. The van der Waals surface area contributed by atoms with Crippen molar-refractivity contribution in [3.8, 4) is 11.3 Å². The Hall–Kier alpha value is -1.81. The molecule has 5 heteroatoms. The third-order valence-electron chi connectivity index (χ3n) is 4.03. The van der Waals surface area contributed by atoms with E-state index in [4.69, 9.17) is 11.6 Å². The summed E-state index contributed by atoms with van der Waals surface area (Å²) in [5.74, 6) is -0.426. The summed E-state index contributed by atoms with van der Waals surface area (Å²) in [5.41, 5.74) is 3.84. The fourth-order valence-corrected chi connectivity index (χ4v) is 2.89. The van der Waals surface area contributed by atoms with E-state index >= 15 is 0 Å². The molecule has 0 atom stereocenters. The molecule has 0 spiro atoms. The second-order valence-corrected chi connectivity index (χ2v) is 5.69. The molecule has 1 heterocycles. The molecule has 2 N–H and O–H groups in total. The number of carboxylic acid groups (broad SMARTS) is 1. The van der Waals surface area contributed by atoms with Gasteiger partial charge in [0.25, 0.3) is 0 Å². The maximum absolute atomic E-state index is 11.3. The number of carbonyl (C=O) groups is 1. The number of aromatic amines is 1. The molecular formula is C15H15ClN2O2. The molecule has 4 nitrogen and oxygen atoms in total. The molecule has 0 amide bonds. The first-order valence-corrected chi connectivity index (χ1v) is 7.03. The van der Waals surface area contributed by atoms with Crippen molar-refractivity contribution < 1.29 is 9.90 Å². The highest BCUT2D eigenvalue weighted by Gasteiger charge is 2.26. The van der Waals surface area contributed by atoms with Crippen LogP contribution in [0.2, 0.25) is 5.02 Å². The number of aromatic nitrogens is 2. The molecule has 2 aromatic rings. The Morgan fingerprint density at radius 3 is 2.70 bits per heavy atom. The molecule has 1 fully saturated rings. The van der Waals surface area contributed by atoms with Gasteiger partial charge < -0.3 is 5.11 Å². The lowest BCUT2D eigenvalue weighted by Crippen LogP contribution is -2.12. The van der Waals surface area contributed by atoms with Crippen LogP contribution >= 0.6 is 11.6 Å². The van der Waals surface area contributed by atoms with E-state index in [9.17, 15) is 9.90 Å². The van der Waals surface area contributed by atoms with Crippen LogP contribution in [-0.4, -0.2) is 21.3 Å². The fraction of sp³-hybridized carbons (Fsp3) is 0.333. The fourth-order valence-electron chi connectivity index (χ4n) is 2.69. The number of hydrogen-bond donors (Lipinski definition) is 2. The van der Waals surface area contributed by atoms with Crippen LogP contribution < -0.4 is 0 Å². The highest BCUT2D eigenvalue weighted by molar-refractivity contribution is 6.33. The minimum absolute atomic E-state index is 0.314. The Balaban J connectivity index is 2.20. The normalized spacial score (nSPS) is 15.1. The van der Waals surface area contributed by atoms with Crippen LogP contribution in [0.4, 0.5) is 0 Å². The Morgan fingerprint density at radius 2 is 2.20 bits per heavy atom. The van der Waals surface area contributed by atoms with Gasteiger partial charge in [0.1, 0.15) is 0 Å². The average Bonchev–Trinajstić information content (AvgIpc) is 2.73. The van der Waals surface area contributed by atoms with Gasteiger partial charge in [0.2, 0.25) is 0 Å². The lowest BCUT2D eigenvalue weighted by Gasteiger charge is -2.28. The molecule has 1 aromatic carbocycles. The Kier molecular flexibility index (Phi) is 3.26. The van der Waals surface area contributed by atoms with Crippen molar-refractivity contribution in [3.63, 3.8) is 0 Å². The van der Waals surface area contributed by atoms with E-state index in [0.29, 0.717) is 22.2 Å². The Bertz CT molecular complexity index is 675. The van der Waals surface area contributed by atoms with Crippen LogP contribution in [0.15, 0.2) is 18.3 Å². The Morgan fingerprint density at radius 1 is 1.45 bits per heavy atom. The Labute approximate surface area is 121 Å². The van der Waals surface area contributed by atoms with Gasteiger partial charge in [-0.2, -0.15) is 5.10 Å². The maximum Gasteiger partial charge on any atom is 0.335 e. The lowest BCUT2D eigenvalue weighted by atomic mass is 9.76. The van der Waals surface area contributed by atoms with E-state index in [0.717, 1.165) is 24.0 Å². The molecule has 1 aliphatic rings. The van der Waals surface area contributed by atoms with Crippen molar-refractivity contribution in [2.75, 3.05) is 0 Å². The van der Waals surface area contributed by atoms with Gasteiger partial charge in [-0.15, -0.1) is 0 Å². The predicted octanol–water partition coefficient (Wildman–Crippen LogP) is 4.00. The van der Waals surface area contributed by atoms with Crippen LogP contribution in [0, 0.1) is 6.92 Å². The van der Waals surface area contributed by atoms with Crippen molar-refractivity contribution in [1.82, 2.24) is 10.2 Å². The molecule has 1 saturated carbocycles. The van der Waals surface area contributed by atoms with Crippen molar-refractivity contribution in [2.45, 2.75) is 32.1 Å². The molecule has 104 valence electrons. The number of rotatable bonds is 3. The summed E-state index contributed by atoms with van der Waals surface area (Å²) in [4.78, 5) is 11.3. The third-order valence-corrected chi connectivity index (χ3v) is 4.32. The first kappa shape index (κ1) is 13.2. The zero-order valence-corrected chi connectivity index (χ0v) is 11.9. The molecule has 0 saturated heterocycles. The molecular weight excluding hydrogens is 276 g/mol. The SMILES string of the molecule is Cc1cc(C2CCC2)c(-c2[nH]ncc2Cl)cc1C(=O)O. The second-order valence-electron chi connectivity index (χ2n) is 5.28. The third kappa shape index (κ3) is 2.10. The second kappa shape index (κ2) is 4.94. The van der Waals surface area contributed by atoms with Gasteiger partial charge in [0.05, 0.1) is 22.5 Å². The highest BCUT2D eigenvalue weighted by atomic mass is 35.5. The molecule has 1 aliphatic carbocycles. The number of aromatic carboxylic acids is 1. The molecule has 1 aromatic heterocycles. The van der Waals surface area contributed by atoms with E-state index in [-0.39, 0.29) is 0 Å². The van der Waals surface area contributed by atoms with Crippen molar-refractivity contribution in [3.05, 3.63) is 40.0 Å². The number of nitrogens with one attached hydrogen (secondary N) is 1. The van der Waals surface area contributed by atoms with Crippen LogP contribution in [0.5, 0.6) is 0 Å². The van der Waals surface area contributed by atoms with Crippen LogP contribution in [-0.2, 0) is 0 Å².